The molecule has 13 heteroatoms. The van der Waals surface area contributed by atoms with E-state index in [0.29, 0.717) is 17.2 Å². The Morgan fingerprint density at radius 3 is 2.26 bits per heavy atom. The molecule has 34 heavy (non-hydrogen) atoms. The van der Waals surface area contributed by atoms with Crippen molar-refractivity contribution in [2.45, 2.75) is 6.42 Å². The minimum absolute atomic E-state index is 0.0868. The molecule has 0 spiro atoms. The first-order valence-corrected chi connectivity index (χ1v) is 10.0. The number of aryl methyl sites for hydroxylation is 2. The number of nitrogens with one attached hydrogen (secondary N) is 3. The first-order valence-electron chi connectivity index (χ1n) is 10.0. The Kier molecular flexibility index (Phi) is 6.81. The van der Waals surface area contributed by atoms with Gasteiger partial charge in [0.15, 0.2) is 0 Å². The lowest BCUT2D eigenvalue weighted by Gasteiger charge is -2.09. The van der Waals surface area contributed by atoms with E-state index >= 15 is 0 Å². The van der Waals surface area contributed by atoms with Gasteiger partial charge < -0.3 is 29.7 Å². The third-order valence-electron chi connectivity index (χ3n) is 5.05. The highest BCUT2D eigenvalue weighted by molar-refractivity contribution is 6.06. The van der Waals surface area contributed by atoms with E-state index in [1.165, 1.54) is 40.6 Å². The number of carbonyl (C=O) groups excluding carboxylic acids is 3. The van der Waals surface area contributed by atoms with Gasteiger partial charge in [-0.3, -0.25) is 24.5 Å². The number of anilines is 2. The molecule has 0 aliphatic rings. The maximum Gasteiger partial charge on any atom is 0.287 e. The number of nitrogens with zero attached hydrogens (tertiary/aromatic N) is 5. The van der Waals surface area contributed by atoms with E-state index in [-0.39, 0.29) is 35.9 Å². The van der Waals surface area contributed by atoms with Crippen molar-refractivity contribution in [1.82, 2.24) is 19.0 Å². The molecule has 0 unspecified atom stereocenters. The van der Waals surface area contributed by atoms with Crippen molar-refractivity contribution < 1.29 is 19.3 Å². The highest BCUT2D eigenvalue weighted by Gasteiger charge is 2.20. The summed E-state index contributed by atoms with van der Waals surface area (Å²) in [6.45, 7) is 0.218. The predicted molar refractivity (Wildman–Crippen MR) is 121 cm³/mol. The fourth-order valence-electron chi connectivity index (χ4n) is 3.29. The number of aromatic nitrogens is 3. The molecular formula is C21H22N8O5. The van der Waals surface area contributed by atoms with Crippen molar-refractivity contribution in [3.63, 3.8) is 0 Å². The largest absolute Gasteiger partial charge is 0.350 e. The Morgan fingerprint density at radius 1 is 0.971 bits per heavy atom. The summed E-state index contributed by atoms with van der Waals surface area (Å²) in [7, 11) is 4.75. The first-order chi connectivity index (χ1) is 16.1. The molecule has 0 bridgehead atoms. The molecule has 13 nitrogen and oxygen atoms in total. The van der Waals surface area contributed by atoms with E-state index in [0.717, 1.165) is 6.07 Å². The average Bonchev–Trinajstić information content (AvgIpc) is 3.45. The Morgan fingerprint density at radius 2 is 1.62 bits per heavy atom. The van der Waals surface area contributed by atoms with Gasteiger partial charge in [-0.1, -0.05) is 0 Å². The lowest BCUT2D eigenvalue weighted by atomic mass is 10.3. The van der Waals surface area contributed by atoms with Gasteiger partial charge in [-0.2, -0.15) is 5.26 Å². The minimum Gasteiger partial charge on any atom is -0.350 e. The lowest BCUT2D eigenvalue weighted by Crippen LogP contribution is -2.25. The molecule has 3 heterocycles. The molecular weight excluding hydrogens is 444 g/mol. The Hall–Kier alpha value is -4.86. The SMILES string of the molecule is Cn1cc(NC(=O)c2ccc(NC(=O)c3cc([N+](=O)[O-])cn3C)n2C)cc1C(=O)NCCC#N. The molecule has 3 rings (SSSR count). The molecule has 0 atom stereocenters. The van der Waals surface area contributed by atoms with Gasteiger partial charge in [-0.15, -0.1) is 0 Å². The van der Waals surface area contributed by atoms with Crippen molar-refractivity contribution in [2.75, 3.05) is 17.2 Å². The molecule has 0 aliphatic heterocycles. The maximum absolute atomic E-state index is 12.8. The Bertz CT molecular complexity index is 1320. The molecule has 0 radical (unpaired) electrons. The van der Waals surface area contributed by atoms with Crippen LogP contribution in [0.5, 0.6) is 0 Å². The summed E-state index contributed by atoms with van der Waals surface area (Å²) in [4.78, 5) is 47.9. The van der Waals surface area contributed by atoms with Crippen LogP contribution in [0.15, 0.2) is 36.7 Å². The smallest absolute Gasteiger partial charge is 0.287 e. The topological polar surface area (TPSA) is 169 Å². The van der Waals surface area contributed by atoms with Crippen LogP contribution in [0.3, 0.4) is 0 Å². The third kappa shape index (κ3) is 4.96. The van der Waals surface area contributed by atoms with Crippen LogP contribution in [0, 0.1) is 21.4 Å². The summed E-state index contributed by atoms with van der Waals surface area (Å²) in [6.07, 6.45) is 2.99. The van der Waals surface area contributed by atoms with E-state index in [2.05, 4.69) is 16.0 Å². The lowest BCUT2D eigenvalue weighted by molar-refractivity contribution is -0.384. The summed E-state index contributed by atoms with van der Waals surface area (Å²) >= 11 is 0. The van der Waals surface area contributed by atoms with Crippen LogP contribution in [0.2, 0.25) is 0 Å². The fourth-order valence-corrected chi connectivity index (χ4v) is 3.29. The molecule has 3 aromatic rings. The highest BCUT2D eigenvalue weighted by atomic mass is 16.6. The van der Waals surface area contributed by atoms with Gasteiger partial charge in [-0.25, -0.2) is 0 Å². The molecule has 0 fully saturated rings. The minimum atomic E-state index is -0.591. The number of carbonyl (C=O) groups is 3. The molecule has 3 N–H and O–H groups in total. The van der Waals surface area contributed by atoms with Gasteiger partial charge in [0.1, 0.15) is 22.9 Å². The van der Waals surface area contributed by atoms with Crippen LogP contribution < -0.4 is 16.0 Å². The molecule has 0 aromatic carbocycles. The van der Waals surface area contributed by atoms with Crippen LogP contribution in [0.1, 0.15) is 37.9 Å². The van der Waals surface area contributed by atoms with Crippen LogP contribution in [-0.4, -0.2) is 42.9 Å². The second kappa shape index (κ2) is 9.74. The van der Waals surface area contributed by atoms with Crippen molar-refractivity contribution >= 4 is 34.9 Å². The van der Waals surface area contributed by atoms with Crippen LogP contribution in [0.25, 0.3) is 0 Å². The molecule has 0 saturated carbocycles. The number of nitriles is 1. The Labute approximate surface area is 193 Å². The maximum atomic E-state index is 12.8. The summed E-state index contributed by atoms with van der Waals surface area (Å²) in [5.41, 5.74) is 0.812. The van der Waals surface area contributed by atoms with Crippen LogP contribution in [0.4, 0.5) is 17.2 Å². The molecule has 3 aromatic heterocycles. The van der Waals surface area contributed by atoms with E-state index in [4.69, 9.17) is 5.26 Å². The Balaban J connectivity index is 1.70. The summed E-state index contributed by atoms with van der Waals surface area (Å²) < 4.78 is 4.35. The molecule has 176 valence electrons. The average molecular weight is 466 g/mol. The highest BCUT2D eigenvalue weighted by Crippen LogP contribution is 2.20. The van der Waals surface area contributed by atoms with Crippen LogP contribution >= 0.6 is 0 Å². The fraction of sp³-hybridized carbons (Fsp3) is 0.238. The second-order valence-corrected chi connectivity index (χ2v) is 7.41. The van der Waals surface area contributed by atoms with Crippen molar-refractivity contribution in [3.8, 4) is 6.07 Å². The zero-order valence-corrected chi connectivity index (χ0v) is 18.7. The molecule has 3 amide bonds. The van der Waals surface area contributed by atoms with Crippen LogP contribution in [-0.2, 0) is 21.1 Å². The van der Waals surface area contributed by atoms with E-state index < -0.39 is 16.7 Å². The predicted octanol–water partition coefficient (Wildman–Crippen LogP) is 1.76. The third-order valence-corrected chi connectivity index (χ3v) is 5.05. The van der Waals surface area contributed by atoms with Crippen molar-refractivity contribution in [3.05, 3.63) is 63.9 Å². The molecule has 0 saturated heterocycles. The normalized spacial score (nSPS) is 10.4. The molecule has 0 aliphatic carbocycles. The number of hydrogen-bond donors (Lipinski definition) is 3. The van der Waals surface area contributed by atoms with E-state index in [1.54, 1.807) is 24.9 Å². The summed E-state index contributed by atoms with van der Waals surface area (Å²) in [5.74, 6) is -1.11. The number of rotatable bonds is 8. The quantitative estimate of drug-likeness (QED) is 0.259. The van der Waals surface area contributed by atoms with E-state index in [1.807, 2.05) is 6.07 Å². The summed E-state index contributed by atoms with van der Waals surface area (Å²) in [6, 6.07) is 7.65. The van der Waals surface area contributed by atoms with Gasteiger partial charge >= 0.3 is 0 Å². The first kappa shape index (κ1) is 23.8. The summed E-state index contributed by atoms with van der Waals surface area (Å²) in [5, 5.41) is 27.4. The number of nitro groups is 1. The van der Waals surface area contributed by atoms with Gasteiger partial charge in [0, 0.05) is 40.0 Å². The zero-order chi connectivity index (χ0) is 25.0. The van der Waals surface area contributed by atoms with Gasteiger partial charge in [0.05, 0.1) is 29.3 Å². The number of hydrogen-bond acceptors (Lipinski definition) is 6. The van der Waals surface area contributed by atoms with Gasteiger partial charge in [-0.05, 0) is 18.2 Å². The second-order valence-electron chi connectivity index (χ2n) is 7.41. The number of amides is 3. The van der Waals surface area contributed by atoms with Crippen molar-refractivity contribution in [1.29, 1.82) is 5.26 Å². The van der Waals surface area contributed by atoms with Gasteiger partial charge in [0.25, 0.3) is 23.4 Å². The van der Waals surface area contributed by atoms with E-state index in [9.17, 15) is 24.5 Å². The monoisotopic (exact) mass is 466 g/mol. The standard InChI is InChI=1S/C21H22N8O5/c1-26-11-13(9-16(26)19(30)23-8-4-7-22)24-20(31)15-5-6-18(28(15)3)25-21(32)17-10-14(29(33)34)12-27(17)2/h5-6,9-12H,4,8H2,1-3H3,(H,23,30)(H,24,31)(H,25,32). The van der Waals surface area contributed by atoms with Crippen molar-refractivity contribution in [2.24, 2.45) is 21.1 Å². The zero-order valence-electron chi connectivity index (χ0n) is 18.7. The van der Waals surface area contributed by atoms with Gasteiger partial charge in [0.2, 0.25) is 0 Å².